The molecule has 2 N–H and O–H groups in total. The van der Waals surface area contributed by atoms with Crippen molar-refractivity contribution < 1.29 is 14.6 Å². The summed E-state index contributed by atoms with van der Waals surface area (Å²) in [5, 5.41) is 12.4. The summed E-state index contributed by atoms with van der Waals surface area (Å²) in [5.41, 5.74) is 1.15. The average Bonchev–Trinajstić information content (AvgIpc) is 3.22. The number of nitrogens with one attached hydrogen (secondary N) is 1. The summed E-state index contributed by atoms with van der Waals surface area (Å²) < 4.78 is 5.55. The number of carbonyl (C=O) groups is 1. The van der Waals surface area contributed by atoms with Crippen LogP contribution in [0.3, 0.4) is 0 Å². The van der Waals surface area contributed by atoms with Crippen LogP contribution in [0.2, 0.25) is 0 Å². The van der Waals surface area contributed by atoms with Crippen LogP contribution in [0.5, 0.6) is 5.75 Å². The highest BCUT2D eigenvalue weighted by Gasteiger charge is 2.30. The molecule has 1 aromatic carbocycles. The molecule has 0 spiro atoms. The van der Waals surface area contributed by atoms with Gasteiger partial charge in [0.25, 0.3) is 5.91 Å². The Morgan fingerprint density at radius 3 is 2.63 bits per heavy atom. The SMILES string of the molecule is Cc1ccc(OC(C)C(=O)NCC(O)C2CC2)cc1. The number of aryl methyl sites for hydroxylation is 1. The highest BCUT2D eigenvalue weighted by molar-refractivity contribution is 5.80. The van der Waals surface area contributed by atoms with Gasteiger partial charge < -0.3 is 15.2 Å². The van der Waals surface area contributed by atoms with Crippen molar-refractivity contribution >= 4 is 5.91 Å². The van der Waals surface area contributed by atoms with Crippen LogP contribution in [0.15, 0.2) is 24.3 Å². The Kier molecular flexibility index (Phi) is 4.43. The van der Waals surface area contributed by atoms with Gasteiger partial charge in [0.2, 0.25) is 0 Å². The minimum atomic E-state index is -0.561. The molecule has 1 amide bonds. The maximum atomic E-state index is 11.8. The van der Waals surface area contributed by atoms with E-state index in [1.807, 2.05) is 31.2 Å². The van der Waals surface area contributed by atoms with Crippen molar-refractivity contribution in [3.63, 3.8) is 0 Å². The third kappa shape index (κ3) is 4.24. The van der Waals surface area contributed by atoms with Crippen LogP contribution in [0.4, 0.5) is 0 Å². The van der Waals surface area contributed by atoms with Crippen LogP contribution >= 0.6 is 0 Å². The van der Waals surface area contributed by atoms with Gasteiger partial charge >= 0.3 is 0 Å². The lowest BCUT2D eigenvalue weighted by Gasteiger charge is -2.16. The normalized spacial score (nSPS) is 17.6. The molecule has 0 aliphatic heterocycles. The number of amides is 1. The zero-order chi connectivity index (χ0) is 13.8. The number of carbonyl (C=O) groups excluding carboxylic acids is 1. The zero-order valence-corrected chi connectivity index (χ0v) is 11.4. The fourth-order valence-corrected chi connectivity index (χ4v) is 1.87. The van der Waals surface area contributed by atoms with Crippen molar-refractivity contribution in [2.45, 2.75) is 38.9 Å². The van der Waals surface area contributed by atoms with E-state index >= 15 is 0 Å². The summed E-state index contributed by atoms with van der Waals surface area (Å²) >= 11 is 0. The minimum absolute atomic E-state index is 0.194. The van der Waals surface area contributed by atoms with Crippen LogP contribution in [0.25, 0.3) is 0 Å². The maximum absolute atomic E-state index is 11.8. The van der Waals surface area contributed by atoms with Crippen LogP contribution in [0.1, 0.15) is 25.3 Å². The summed E-state index contributed by atoms with van der Waals surface area (Å²) in [7, 11) is 0. The molecule has 2 unspecified atom stereocenters. The first-order valence-corrected chi connectivity index (χ1v) is 6.75. The first-order valence-electron chi connectivity index (χ1n) is 6.75. The number of benzene rings is 1. The van der Waals surface area contributed by atoms with Gasteiger partial charge in [0.1, 0.15) is 5.75 Å². The van der Waals surface area contributed by atoms with Gasteiger partial charge in [-0.1, -0.05) is 17.7 Å². The van der Waals surface area contributed by atoms with Gasteiger partial charge in [-0.25, -0.2) is 0 Å². The Bertz CT molecular complexity index is 426. The number of hydrogen-bond donors (Lipinski definition) is 2. The molecule has 1 fully saturated rings. The van der Waals surface area contributed by atoms with E-state index in [0.29, 0.717) is 18.2 Å². The molecule has 0 heterocycles. The van der Waals surface area contributed by atoms with Crippen molar-refractivity contribution in [3.05, 3.63) is 29.8 Å². The lowest BCUT2D eigenvalue weighted by Crippen LogP contribution is -2.40. The monoisotopic (exact) mass is 263 g/mol. The van der Waals surface area contributed by atoms with Gasteiger partial charge in [0.15, 0.2) is 6.10 Å². The molecule has 0 bridgehead atoms. The van der Waals surface area contributed by atoms with E-state index in [2.05, 4.69) is 5.32 Å². The fraction of sp³-hybridized carbons (Fsp3) is 0.533. The molecule has 0 radical (unpaired) electrons. The largest absolute Gasteiger partial charge is 0.481 e. The predicted molar refractivity (Wildman–Crippen MR) is 73.0 cm³/mol. The van der Waals surface area contributed by atoms with E-state index < -0.39 is 12.2 Å². The number of hydrogen-bond acceptors (Lipinski definition) is 3. The highest BCUT2D eigenvalue weighted by Crippen LogP contribution is 2.32. The van der Waals surface area contributed by atoms with Crippen LogP contribution in [-0.4, -0.2) is 29.8 Å². The standard InChI is InChI=1S/C15H21NO3/c1-10-3-7-13(8-4-10)19-11(2)15(18)16-9-14(17)12-5-6-12/h3-4,7-8,11-12,14,17H,5-6,9H2,1-2H3,(H,16,18). The van der Waals surface area contributed by atoms with E-state index in [9.17, 15) is 9.90 Å². The number of aliphatic hydroxyl groups is 1. The third-order valence-corrected chi connectivity index (χ3v) is 3.35. The molecule has 4 heteroatoms. The van der Waals surface area contributed by atoms with Crippen molar-refractivity contribution in [2.75, 3.05) is 6.54 Å². The number of rotatable bonds is 6. The molecule has 0 saturated heterocycles. The Morgan fingerprint density at radius 1 is 1.42 bits per heavy atom. The molecule has 0 aromatic heterocycles. The molecule has 1 aliphatic carbocycles. The summed E-state index contributed by atoms with van der Waals surface area (Å²) in [6, 6.07) is 7.57. The maximum Gasteiger partial charge on any atom is 0.260 e. The fourth-order valence-electron chi connectivity index (χ4n) is 1.87. The molecule has 1 saturated carbocycles. The van der Waals surface area contributed by atoms with E-state index in [1.54, 1.807) is 6.92 Å². The van der Waals surface area contributed by atoms with Crippen molar-refractivity contribution in [2.24, 2.45) is 5.92 Å². The quantitative estimate of drug-likeness (QED) is 0.820. The summed E-state index contributed by atoms with van der Waals surface area (Å²) in [6.45, 7) is 4.02. The zero-order valence-electron chi connectivity index (χ0n) is 11.4. The molecular weight excluding hydrogens is 242 g/mol. The van der Waals surface area contributed by atoms with E-state index in [4.69, 9.17) is 4.74 Å². The molecule has 2 rings (SSSR count). The van der Waals surface area contributed by atoms with Crippen LogP contribution in [-0.2, 0) is 4.79 Å². The number of ether oxygens (including phenoxy) is 1. The van der Waals surface area contributed by atoms with Gasteiger partial charge in [0, 0.05) is 6.54 Å². The van der Waals surface area contributed by atoms with E-state index in [0.717, 1.165) is 18.4 Å². The molecular formula is C15H21NO3. The molecule has 19 heavy (non-hydrogen) atoms. The predicted octanol–water partition coefficient (Wildman–Crippen LogP) is 1.65. The molecule has 1 aromatic rings. The second-order valence-electron chi connectivity index (χ2n) is 5.22. The van der Waals surface area contributed by atoms with Gasteiger partial charge in [-0.2, -0.15) is 0 Å². The lowest BCUT2D eigenvalue weighted by molar-refractivity contribution is -0.127. The summed E-state index contributed by atoms with van der Waals surface area (Å²) in [5.74, 6) is 0.852. The Balaban J connectivity index is 1.76. The molecule has 4 nitrogen and oxygen atoms in total. The Labute approximate surface area is 113 Å². The van der Waals surface area contributed by atoms with Crippen LogP contribution < -0.4 is 10.1 Å². The molecule has 1 aliphatic rings. The van der Waals surface area contributed by atoms with Crippen molar-refractivity contribution in [1.82, 2.24) is 5.32 Å². The smallest absolute Gasteiger partial charge is 0.260 e. The number of aliphatic hydroxyl groups excluding tert-OH is 1. The highest BCUT2D eigenvalue weighted by atomic mass is 16.5. The Hall–Kier alpha value is -1.55. The van der Waals surface area contributed by atoms with Gasteiger partial charge in [-0.05, 0) is 44.7 Å². The first kappa shape index (κ1) is 13.9. The second kappa shape index (κ2) is 6.06. The van der Waals surface area contributed by atoms with Crippen molar-refractivity contribution in [1.29, 1.82) is 0 Å². The summed E-state index contributed by atoms with van der Waals surface area (Å²) in [4.78, 5) is 11.8. The van der Waals surface area contributed by atoms with E-state index in [1.165, 1.54) is 0 Å². The van der Waals surface area contributed by atoms with Gasteiger partial charge in [-0.15, -0.1) is 0 Å². The van der Waals surface area contributed by atoms with Crippen molar-refractivity contribution in [3.8, 4) is 5.75 Å². The minimum Gasteiger partial charge on any atom is -0.481 e. The second-order valence-corrected chi connectivity index (χ2v) is 5.22. The molecule has 2 atom stereocenters. The summed E-state index contributed by atoms with van der Waals surface area (Å²) in [6.07, 6.45) is 1.14. The van der Waals surface area contributed by atoms with Gasteiger partial charge in [0.05, 0.1) is 6.10 Å². The third-order valence-electron chi connectivity index (χ3n) is 3.35. The lowest BCUT2D eigenvalue weighted by atomic mass is 10.2. The molecule has 104 valence electrons. The first-order chi connectivity index (χ1) is 9.06. The van der Waals surface area contributed by atoms with Crippen LogP contribution in [0, 0.1) is 12.8 Å². The van der Waals surface area contributed by atoms with Gasteiger partial charge in [-0.3, -0.25) is 4.79 Å². The van der Waals surface area contributed by atoms with E-state index in [-0.39, 0.29) is 5.91 Å². The topological polar surface area (TPSA) is 58.6 Å². The average molecular weight is 263 g/mol. The Morgan fingerprint density at radius 2 is 2.05 bits per heavy atom.